The van der Waals surface area contributed by atoms with Crippen molar-refractivity contribution in [2.24, 2.45) is 5.92 Å². The summed E-state index contributed by atoms with van der Waals surface area (Å²) < 4.78 is 5.79. The van der Waals surface area contributed by atoms with Crippen LogP contribution >= 0.6 is 0 Å². The highest BCUT2D eigenvalue weighted by molar-refractivity contribution is 5.76. The molecular weight excluding hydrogens is 478 g/mol. The standard InChI is InChI=1S/C36H51NO2/c1-4-6-8-10-11-13-15-29-16-18-30(19-17-29)31-20-22-32(23-21-31)36(38)39-35-25-24-33(26-34(35)27-37)28(3)14-12-9-7-5-2/h16-19,24-26,28,31-32H,4-15,20-23H2,1-3H3. The first-order valence-corrected chi connectivity index (χ1v) is 15.9. The Morgan fingerprint density at radius 2 is 1.51 bits per heavy atom. The minimum atomic E-state index is -0.181. The van der Waals surface area contributed by atoms with Crippen molar-refractivity contribution in [2.75, 3.05) is 0 Å². The van der Waals surface area contributed by atoms with Crippen molar-refractivity contribution in [3.8, 4) is 11.8 Å². The average molecular weight is 530 g/mol. The van der Waals surface area contributed by atoms with Crippen LogP contribution in [0.15, 0.2) is 42.5 Å². The summed E-state index contributed by atoms with van der Waals surface area (Å²) in [7, 11) is 0. The number of ether oxygens (including phenoxy) is 1. The van der Waals surface area contributed by atoms with E-state index in [1.807, 2.05) is 18.2 Å². The van der Waals surface area contributed by atoms with Crippen molar-refractivity contribution in [3.63, 3.8) is 0 Å². The summed E-state index contributed by atoms with van der Waals surface area (Å²) in [6.45, 7) is 6.71. The summed E-state index contributed by atoms with van der Waals surface area (Å²) in [5.41, 5.74) is 4.47. The van der Waals surface area contributed by atoms with Gasteiger partial charge >= 0.3 is 5.97 Å². The lowest BCUT2D eigenvalue weighted by Crippen LogP contribution is -2.25. The smallest absolute Gasteiger partial charge is 0.314 e. The Balaban J connectivity index is 1.45. The number of esters is 1. The van der Waals surface area contributed by atoms with E-state index in [9.17, 15) is 10.1 Å². The molecule has 0 bridgehead atoms. The zero-order valence-corrected chi connectivity index (χ0v) is 24.9. The Hall–Kier alpha value is -2.60. The van der Waals surface area contributed by atoms with E-state index in [4.69, 9.17) is 4.74 Å². The fourth-order valence-electron chi connectivity index (χ4n) is 5.99. The van der Waals surface area contributed by atoms with Crippen LogP contribution < -0.4 is 4.74 Å². The van der Waals surface area contributed by atoms with Gasteiger partial charge in [0.15, 0.2) is 0 Å². The maximum absolute atomic E-state index is 13.0. The van der Waals surface area contributed by atoms with Crippen molar-refractivity contribution >= 4 is 5.97 Å². The molecule has 1 saturated carbocycles. The molecule has 3 rings (SSSR count). The maximum atomic E-state index is 13.0. The number of hydrogen-bond donors (Lipinski definition) is 0. The lowest BCUT2D eigenvalue weighted by atomic mass is 9.78. The van der Waals surface area contributed by atoms with Gasteiger partial charge in [0, 0.05) is 0 Å². The van der Waals surface area contributed by atoms with Gasteiger partial charge in [-0.1, -0.05) is 109 Å². The van der Waals surface area contributed by atoms with Gasteiger partial charge in [0.25, 0.3) is 0 Å². The Morgan fingerprint density at radius 1 is 0.872 bits per heavy atom. The van der Waals surface area contributed by atoms with Crippen LogP contribution in [0.3, 0.4) is 0 Å². The van der Waals surface area contributed by atoms with E-state index in [0.717, 1.165) is 37.7 Å². The number of nitrogens with zero attached hydrogens (tertiary/aromatic N) is 1. The summed E-state index contributed by atoms with van der Waals surface area (Å²) in [4.78, 5) is 13.0. The van der Waals surface area contributed by atoms with Gasteiger partial charge in [0.1, 0.15) is 11.8 Å². The molecule has 39 heavy (non-hydrogen) atoms. The van der Waals surface area contributed by atoms with Gasteiger partial charge in [-0.25, -0.2) is 0 Å². The van der Waals surface area contributed by atoms with Crippen LogP contribution in [0.1, 0.15) is 151 Å². The first-order chi connectivity index (χ1) is 19.0. The number of nitriles is 1. The molecule has 1 atom stereocenters. The Bertz CT molecular complexity index is 1030. The quantitative estimate of drug-likeness (QED) is 0.123. The first-order valence-electron chi connectivity index (χ1n) is 15.9. The van der Waals surface area contributed by atoms with E-state index >= 15 is 0 Å². The van der Waals surface area contributed by atoms with Gasteiger partial charge in [-0.05, 0) is 85.6 Å². The second-order valence-electron chi connectivity index (χ2n) is 11.8. The largest absolute Gasteiger partial charge is 0.425 e. The molecule has 1 fully saturated rings. The van der Waals surface area contributed by atoms with E-state index in [1.165, 1.54) is 81.8 Å². The number of hydrogen-bond acceptors (Lipinski definition) is 3. The molecule has 0 aliphatic heterocycles. The third-order valence-corrected chi connectivity index (χ3v) is 8.72. The second-order valence-corrected chi connectivity index (χ2v) is 11.8. The Morgan fingerprint density at radius 3 is 2.18 bits per heavy atom. The van der Waals surface area contributed by atoms with Crippen molar-refractivity contribution in [1.82, 2.24) is 0 Å². The molecule has 1 unspecified atom stereocenters. The normalized spacial score (nSPS) is 17.9. The molecule has 0 aromatic heterocycles. The van der Waals surface area contributed by atoms with E-state index in [0.29, 0.717) is 23.1 Å². The van der Waals surface area contributed by atoms with Gasteiger partial charge in [-0.15, -0.1) is 0 Å². The lowest BCUT2D eigenvalue weighted by Gasteiger charge is -2.27. The van der Waals surface area contributed by atoms with Gasteiger partial charge in [-0.2, -0.15) is 5.26 Å². The lowest BCUT2D eigenvalue weighted by molar-refractivity contribution is -0.140. The molecule has 2 aromatic carbocycles. The minimum Gasteiger partial charge on any atom is -0.425 e. The van der Waals surface area contributed by atoms with E-state index < -0.39 is 0 Å². The maximum Gasteiger partial charge on any atom is 0.314 e. The van der Waals surface area contributed by atoms with Crippen molar-refractivity contribution in [3.05, 3.63) is 64.7 Å². The SMILES string of the molecule is CCCCCCCCc1ccc(C2CCC(C(=O)Oc3ccc(C(C)CCCCCC)cc3C#N)CC2)cc1. The molecule has 0 saturated heterocycles. The van der Waals surface area contributed by atoms with Crippen LogP contribution in [0.25, 0.3) is 0 Å². The van der Waals surface area contributed by atoms with Gasteiger partial charge in [0.05, 0.1) is 11.5 Å². The molecule has 1 aliphatic rings. The zero-order chi connectivity index (χ0) is 27.9. The van der Waals surface area contributed by atoms with Crippen molar-refractivity contribution < 1.29 is 9.53 Å². The number of rotatable bonds is 16. The van der Waals surface area contributed by atoms with Gasteiger partial charge < -0.3 is 4.74 Å². The minimum absolute atomic E-state index is 0.0862. The Labute approximate surface area is 238 Å². The third-order valence-electron chi connectivity index (χ3n) is 8.72. The number of carbonyl (C=O) groups is 1. The second kappa shape index (κ2) is 17.2. The molecule has 3 heteroatoms. The fraction of sp³-hybridized carbons (Fsp3) is 0.611. The van der Waals surface area contributed by atoms with Crippen LogP contribution in [0, 0.1) is 17.2 Å². The Kier molecular flexibility index (Phi) is 13.6. The molecule has 0 spiro atoms. The van der Waals surface area contributed by atoms with Crippen LogP contribution in [0.5, 0.6) is 5.75 Å². The first kappa shape index (κ1) is 30.9. The molecular formula is C36H51NO2. The average Bonchev–Trinajstić information content (AvgIpc) is 2.97. The van der Waals surface area contributed by atoms with Crippen LogP contribution in [0.4, 0.5) is 0 Å². The molecule has 3 nitrogen and oxygen atoms in total. The van der Waals surface area contributed by atoms with E-state index in [1.54, 1.807) is 0 Å². The van der Waals surface area contributed by atoms with Gasteiger partial charge in [-0.3, -0.25) is 4.79 Å². The summed E-state index contributed by atoms with van der Waals surface area (Å²) >= 11 is 0. The van der Waals surface area contributed by atoms with Crippen molar-refractivity contribution in [2.45, 2.75) is 135 Å². The summed E-state index contributed by atoms with van der Waals surface area (Å²) in [5, 5.41) is 9.72. The van der Waals surface area contributed by atoms with Crippen LogP contribution in [-0.2, 0) is 11.2 Å². The molecule has 1 aliphatic carbocycles. The topological polar surface area (TPSA) is 50.1 Å². The summed E-state index contributed by atoms with van der Waals surface area (Å²) in [6, 6.07) is 17.3. The molecule has 0 heterocycles. The molecule has 212 valence electrons. The van der Waals surface area contributed by atoms with Crippen LogP contribution in [0.2, 0.25) is 0 Å². The molecule has 0 amide bonds. The highest BCUT2D eigenvalue weighted by Gasteiger charge is 2.29. The monoisotopic (exact) mass is 529 g/mol. The number of benzene rings is 2. The summed E-state index contributed by atoms with van der Waals surface area (Å²) in [6.07, 6.45) is 19.0. The fourth-order valence-corrected chi connectivity index (χ4v) is 5.99. The highest BCUT2D eigenvalue weighted by atomic mass is 16.5. The zero-order valence-electron chi connectivity index (χ0n) is 24.9. The number of aryl methyl sites for hydroxylation is 1. The van der Waals surface area contributed by atoms with E-state index in [-0.39, 0.29) is 11.9 Å². The van der Waals surface area contributed by atoms with Gasteiger partial charge in [0.2, 0.25) is 0 Å². The summed E-state index contributed by atoms with van der Waals surface area (Å²) in [5.74, 6) is 1.06. The molecule has 0 N–H and O–H groups in total. The van der Waals surface area contributed by atoms with Crippen molar-refractivity contribution in [1.29, 1.82) is 5.26 Å². The number of unbranched alkanes of at least 4 members (excludes halogenated alkanes) is 8. The predicted molar refractivity (Wildman–Crippen MR) is 162 cm³/mol. The van der Waals surface area contributed by atoms with Crippen LogP contribution in [-0.4, -0.2) is 5.97 Å². The number of carbonyl (C=O) groups excluding carboxylic acids is 1. The van der Waals surface area contributed by atoms with E-state index in [2.05, 4.69) is 51.1 Å². The third kappa shape index (κ3) is 10.1. The predicted octanol–water partition coefficient (Wildman–Crippen LogP) is 10.4. The highest BCUT2D eigenvalue weighted by Crippen LogP contribution is 2.37. The molecule has 2 aromatic rings. The molecule has 0 radical (unpaired) electrons.